The molecule has 1 amide bonds. The van der Waals surface area contributed by atoms with Crippen molar-refractivity contribution in [2.24, 2.45) is 0 Å². The molecule has 0 fully saturated rings. The van der Waals surface area contributed by atoms with Crippen molar-refractivity contribution < 1.29 is 9.90 Å². The Balaban J connectivity index is 1.58. The fourth-order valence-electron chi connectivity index (χ4n) is 3.50. The van der Waals surface area contributed by atoms with Crippen molar-refractivity contribution in [3.8, 4) is 5.69 Å². The van der Waals surface area contributed by atoms with Gasteiger partial charge in [-0.25, -0.2) is 4.68 Å². The Morgan fingerprint density at radius 1 is 1.15 bits per heavy atom. The lowest BCUT2D eigenvalue weighted by Crippen LogP contribution is -2.34. The highest BCUT2D eigenvalue weighted by Gasteiger charge is 2.32. The van der Waals surface area contributed by atoms with Gasteiger partial charge in [0.05, 0.1) is 17.8 Å². The first kappa shape index (κ1) is 16.5. The van der Waals surface area contributed by atoms with Gasteiger partial charge in [-0.3, -0.25) is 4.79 Å². The van der Waals surface area contributed by atoms with Crippen LogP contribution in [0.15, 0.2) is 54.6 Å². The van der Waals surface area contributed by atoms with Gasteiger partial charge >= 0.3 is 0 Å². The summed E-state index contributed by atoms with van der Waals surface area (Å²) in [5.74, 6) is -0.278. The zero-order valence-electron chi connectivity index (χ0n) is 14.8. The molecular weight excluding hydrogens is 326 g/mol. The van der Waals surface area contributed by atoms with Crippen LogP contribution in [0.1, 0.15) is 38.9 Å². The Morgan fingerprint density at radius 2 is 1.88 bits per heavy atom. The molecule has 1 aliphatic carbocycles. The van der Waals surface area contributed by atoms with Crippen molar-refractivity contribution in [2.75, 3.05) is 0 Å². The van der Waals surface area contributed by atoms with E-state index in [9.17, 15) is 9.90 Å². The predicted molar refractivity (Wildman–Crippen MR) is 99.4 cm³/mol. The first-order valence-electron chi connectivity index (χ1n) is 8.73. The van der Waals surface area contributed by atoms with Gasteiger partial charge in [0.15, 0.2) is 5.69 Å². The molecule has 1 aromatic heterocycles. The lowest BCUT2D eigenvalue weighted by molar-refractivity contribution is 0.0853. The van der Waals surface area contributed by atoms with Crippen LogP contribution in [0.5, 0.6) is 0 Å². The van der Waals surface area contributed by atoms with Crippen LogP contribution in [0, 0.1) is 13.8 Å². The molecule has 0 bridgehead atoms. The second-order valence-electron chi connectivity index (χ2n) is 6.84. The van der Waals surface area contributed by atoms with Crippen LogP contribution < -0.4 is 5.32 Å². The predicted octanol–water partition coefficient (Wildman–Crippen LogP) is 2.88. The second kappa shape index (κ2) is 6.42. The minimum absolute atomic E-state index is 0.278. The van der Waals surface area contributed by atoms with Crippen molar-refractivity contribution in [1.82, 2.24) is 15.1 Å². The minimum atomic E-state index is -0.614. The van der Waals surface area contributed by atoms with Gasteiger partial charge in [0.2, 0.25) is 0 Å². The number of rotatable bonds is 3. The SMILES string of the molecule is Cc1ccc(-n2nc(C(=O)N[C@H]3c4ccccc4C[C@H]3O)cc2C)cc1. The molecule has 0 saturated carbocycles. The van der Waals surface area contributed by atoms with Crippen molar-refractivity contribution in [3.05, 3.63) is 82.7 Å². The lowest BCUT2D eigenvalue weighted by Gasteiger charge is -2.17. The normalized spacial score (nSPS) is 18.6. The summed E-state index contributed by atoms with van der Waals surface area (Å²) < 4.78 is 1.76. The molecule has 2 atom stereocenters. The van der Waals surface area contributed by atoms with Gasteiger partial charge in [0, 0.05) is 12.1 Å². The van der Waals surface area contributed by atoms with Gasteiger partial charge in [-0.05, 0) is 43.2 Å². The Labute approximate surface area is 152 Å². The first-order chi connectivity index (χ1) is 12.5. The second-order valence-corrected chi connectivity index (χ2v) is 6.84. The molecule has 26 heavy (non-hydrogen) atoms. The Bertz CT molecular complexity index is 960. The molecule has 2 aromatic carbocycles. The highest BCUT2D eigenvalue weighted by atomic mass is 16.3. The third-order valence-corrected chi connectivity index (χ3v) is 4.89. The molecule has 3 aromatic rings. The molecule has 0 saturated heterocycles. The molecule has 1 heterocycles. The number of aryl methyl sites for hydroxylation is 2. The molecule has 0 unspecified atom stereocenters. The summed E-state index contributed by atoms with van der Waals surface area (Å²) in [7, 11) is 0. The van der Waals surface area contributed by atoms with Gasteiger partial charge in [0.25, 0.3) is 5.91 Å². The topological polar surface area (TPSA) is 67.2 Å². The number of fused-ring (bicyclic) bond motifs is 1. The highest BCUT2D eigenvalue weighted by Crippen LogP contribution is 2.31. The fourth-order valence-corrected chi connectivity index (χ4v) is 3.50. The first-order valence-corrected chi connectivity index (χ1v) is 8.73. The molecular formula is C21H21N3O2. The van der Waals surface area contributed by atoms with E-state index in [1.807, 2.05) is 62.4 Å². The van der Waals surface area contributed by atoms with E-state index in [1.54, 1.807) is 10.7 Å². The van der Waals surface area contributed by atoms with Gasteiger partial charge in [-0.1, -0.05) is 42.0 Å². The van der Waals surface area contributed by atoms with E-state index < -0.39 is 12.1 Å². The zero-order chi connectivity index (χ0) is 18.3. The van der Waals surface area contributed by atoms with Crippen LogP contribution in [-0.2, 0) is 6.42 Å². The number of carbonyl (C=O) groups excluding carboxylic acids is 1. The van der Waals surface area contributed by atoms with Crippen LogP contribution in [0.25, 0.3) is 5.69 Å². The smallest absolute Gasteiger partial charge is 0.272 e. The van der Waals surface area contributed by atoms with Crippen LogP contribution in [0.2, 0.25) is 0 Å². The number of hydrogen-bond donors (Lipinski definition) is 2. The molecule has 0 spiro atoms. The molecule has 2 N–H and O–H groups in total. The van der Waals surface area contributed by atoms with E-state index in [2.05, 4.69) is 10.4 Å². The van der Waals surface area contributed by atoms with Crippen LogP contribution in [0.4, 0.5) is 0 Å². The summed E-state index contributed by atoms with van der Waals surface area (Å²) in [6.07, 6.45) is -0.0607. The molecule has 5 nitrogen and oxygen atoms in total. The third kappa shape index (κ3) is 2.91. The molecule has 0 aliphatic heterocycles. The minimum Gasteiger partial charge on any atom is -0.390 e. The number of amides is 1. The number of benzene rings is 2. The quantitative estimate of drug-likeness (QED) is 0.766. The van der Waals surface area contributed by atoms with Crippen molar-refractivity contribution >= 4 is 5.91 Å². The van der Waals surface area contributed by atoms with Crippen LogP contribution in [0.3, 0.4) is 0 Å². The summed E-state index contributed by atoms with van der Waals surface area (Å²) in [4.78, 5) is 12.7. The Hall–Kier alpha value is -2.92. The van der Waals surface area contributed by atoms with E-state index in [0.29, 0.717) is 12.1 Å². The van der Waals surface area contributed by atoms with Gasteiger partial charge in [0.1, 0.15) is 0 Å². The molecule has 5 heteroatoms. The van der Waals surface area contributed by atoms with Crippen LogP contribution in [-0.4, -0.2) is 26.9 Å². The number of carbonyl (C=O) groups is 1. The van der Waals surface area contributed by atoms with Crippen LogP contribution >= 0.6 is 0 Å². The average Bonchev–Trinajstić information content (AvgIpc) is 3.16. The van der Waals surface area contributed by atoms with Crippen molar-refractivity contribution in [1.29, 1.82) is 0 Å². The summed E-state index contributed by atoms with van der Waals surface area (Å²) in [5, 5.41) is 17.7. The number of aliphatic hydroxyl groups is 1. The molecule has 1 aliphatic rings. The largest absolute Gasteiger partial charge is 0.390 e. The molecule has 4 rings (SSSR count). The van der Waals surface area contributed by atoms with E-state index in [1.165, 1.54) is 5.56 Å². The molecule has 0 radical (unpaired) electrons. The van der Waals surface area contributed by atoms with E-state index in [-0.39, 0.29) is 5.91 Å². The summed E-state index contributed by atoms with van der Waals surface area (Å²) in [5.41, 5.74) is 5.37. The third-order valence-electron chi connectivity index (χ3n) is 4.89. The maximum Gasteiger partial charge on any atom is 0.272 e. The summed E-state index contributed by atoms with van der Waals surface area (Å²) in [6, 6.07) is 17.2. The maximum atomic E-state index is 12.7. The van der Waals surface area contributed by atoms with E-state index in [0.717, 1.165) is 22.5 Å². The molecule has 132 valence electrons. The van der Waals surface area contributed by atoms with E-state index in [4.69, 9.17) is 0 Å². The van der Waals surface area contributed by atoms with Crippen molar-refractivity contribution in [3.63, 3.8) is 0 Å². The zero-order valence-corrected chi connectivity index (χ0v) is 14.8. The van der Waals surface area contributed by atoms with E-state index >= 15 is 0 Å². The lowest BCUT2D eigenvalue weighted by atomic mass is 10.1. The monoisotopic (exact) mass is 347 g/mol. The fraction of sp³-hybridized carbons (Fsp3) is 0.238. The highest BCUT2D eigenvalue weighted by molar-refractivity contribution is 5.92. The Kier molecular flexibility index (Phi) is 4.09. The number of nitrogens with one attached hydrogen (secondary N) is 1. The Morgan fingerprint density at radius 3 is 2.65 bits per heavy atom. The number of aromatic nitrogens is 2. The maximum absolute atomic E-state index is 12.7. The standard InChI is InChI=1S/C21H21N3O2/c1-13-7-9-16(10-8-13)24-14(2)11-18(23-24)21(26)22-20-17-6-4-3-5-15(17)12-19(20)25/h3-11,19-20,25H,12H2,1-2H3,(H,22,26)/t19-,20+/m1/s1. The number of aliphatic hydroxyl groups excluding tert-OH is 1. The average molecular weight is 347 g/mol. The van der Waals surface area contributed by atoms with Gasteiger partial charge in [-0.15, -0.1) is 0 Å². The summed E-state index contributed by atoms with van der Waals surface area (Å²) >= 11 is 0. The number of hydrogen-bond acceptors (Lipinski definition) is 3. The van der Waals surface area contributed by atoms with Crippen molar-refractivity contribution in [2.45, 2.75) is 32.4 Å². The van der Waals surface area contributed by atoms with Gasteiger partial charge < -0.3 is 10.4 Å². The van der Waals surface area contributed by atoms with Gasteiger partial charge in [-0.2, -0.15) is 5.10 Å². The number of nitrogens with zero attached hydrogens (tertiary/aromatic N) is 2. The summed E-state index contributed by atoms with van der Waals surface area (Å²) in [6.45, 7) is 3.95.